The number of benzene rings is 2. The van der Waals surface area contributed by atoms with E-state index in [-0.39, 0.29) is 11.3 Å². The molecule has 0 bridgehead atoms. The third-order valence-corrected chi connectivity index (χ3v) is 2.94. The van der Waals surface area contributed by atoms with Gasteiger partial charge in [-0.25, -0.2) is 8.78 Å². The van der Waals surface area contributed by atoms with Gasteiger partial charge in [0.2, 0.25) is 0 Å². The third-order valence-electron chi connectivity index (χ3n) is 2.94. The number of rotatable bonds is 4. The van der Waals surface area contributed by atoms with Gasteiger partial charge in [-0.1, -0.05) is 30.3 Å². The van der Waals surface area contributed by atoms with Crippen LogP contribution < -0.4 is 5.32 Å². The van der Waals surface area contributed by atoms with Gasteiger partial charge in [-0.15, -0.1) is 0 Å². The molecule has 0 aliphatic rings. The van der Waals surface area contributed by atoms with Crippen LogP contribution in [0.25, 0.3) is 0 Å². The quantitative estimate of drug-likeness (QED) is 0.864. The number of phenolic OH excluding ortho intramolecular Hbond substituents is 1. The fraction of sp³-hybridized carbons (Fsp3) is 0.200. The minimum atomic E-state index is -2.43. The topological polar surface area (TPSA) is 32.3 Å². The average Bonchev–Trinajstić information content (AvgIpc) is 2.40. The standard InChI is InChI=1S/C15H15F2NO/c1-10-2-7-13(8-14(10)19)18-9-11-3-5-12(6-4-11)15(16)17/h2-8,15,18-19H,9H2,1H3. The molecule has 0 atom stereocenters. The maximum atomic E-state index is 12.4. The molecule has 0 heterocycles. The van der Waals surface area contributed by atoms with E-state index < -0.39 is 6.43 Å². The van der Waals surface area contributed by atoms with Crippen LogP contribution in [0.3, 0.4) is 0 Å². The van der Waals surface area contributed by atoms with E-state index in [4.69, 9.17) is 0 Å². The molecule has 0 fully saturated rings. The fourth-order valence-corrected chi connectivity index (χ4v) is 1.70. The minimum Gasteiger partial charge on any atom is -0.508 e. The van der Waals surface area contributed by atoms with Crippen molar-refractivity contribution in [2.75, 3.05) is 5.32 Å². The minimum absolute atomic E-state index is 0.0248. The number of alkyl halides is 2. The Balaban J connectivity index is 2.00. The molecule has 4 heteroatoms. The SMILES string of the molecule is Cc1ccc(NCc2ccc(C(F)F)cc2)cc1O. The van der Waals surface area contributed by atoms with Gasteiger partial charge in [0.1, 0.15) is 5.75 Å². The third kappa shape index (κ3) is 3.44. The summed E-state index contributed by atoms with van der Waals surface area (Å²) in [5.74, 6) is 0.234. The first-order chi connectivity index (χ1) is 9.06. The Morgan fingerprint density at radius 1 is 1.11 bits per heavy atom. The van der Waals surface area contributed by atoms with Crippen molar-refractivity contribution in [3.63, 3.8) is 0 Å². The molecule has 0 saturated carbocycles. The molecule has 2 rings (SSSR count). The molecule has 0 aliphatic heterocycles. The van der Waals surface area contributed by atoms with Crippen LogP contribution in [0.1, 0.15) is 23.1 Å². The van der Waals surface area contributed by atoms with Gasteiger partial charge >= 0.3 is 0 Å². The van der Waals surface area contributed by atoms with Crippen molar-refractivity contribution in [3.05, 3.63) is 59.2 Å². The molecule has 0 spiro atoms. The lowest BCUT2D eigenvalue weighted by molar-refractivity contribution is 0.151. The summed E-state index contributed by atoms with van der Waals surface area (Å²) in [6.45, 7) is 2.34. The molecule has 19 heavy (non-hydrogen) atoms. The monoisotopic (exact) mass is 263 g/mol. The van der Waals surface area contributed by atoms with Gasteiger partial charge in [0.15, 0.2) is 0 Å². The van der Waals surface area contributed by atoms with E-state index in [1.165, 1.54) is 12.1 Å². The van der Waals surface area contributed by atoms with Crippen LogP contribution in [0, 0.1) is 6.92 Å². The van der Waals surface area contributed by atoms with Crippen LogP contribution in [0.2, 0.25) is 0 Å². The van der Waals surface area contributed by atoms with Crippen LogP contribution in [0.4, 0.5) is 14.5 Å². The molecular weight excluding hydrogens is 248 g/mol. The van der Waals surface area contributed by atoms with Crippen LogP contribution >= 0.6 is 0 Å². The largest absolute Gasteiger partial charge is 0.508 e. The molecule has 2 aromatic carbocycles. The van der Waals surface area contributed by atoms with E-state index in [1.54, 1.807) is 18.2 Å². The van der Waals surface area contributed by atoms with Crippen LogP contribution in [-0.4, -0.2) is 5.11 Å². The molecule has 0 amide bonds. The molecule has 0 aliphatic carbocycles. The zero-order chi connectivity index (χ0) is 13.8. The number of halogens is 2. The van der Waals surface area contributed by atoms with Gasteiger partial charge in [-0.05, 0) is 24.1 Å². The molecule has 0 unspecified atom stereocenters. The van der Waals surface area contributed by atoms with E-state index in [1.807, 2.05) is 19.1 Å². The summed E-state index contributed by atoms with van der Waals surface area (Å²) in [6, 6.07) is 11.5. The second kappa shape index (κ2) is 5.69. The Morgan fingerprint density at radius 3 is 2.37 bits per heavy atom. The summed E-state index contributed by atoms with van der Waals surface area (Å²) in [6.07, 6.45) is -2.43. The first kappa shape index (κ1) is 13.3. The maximum absolute atomic E-state index is 12.4. The molecule has 2 nitrogen and oxygen atoms in total. The van der Waals surface area contributed by atoms with Crippen molar-refractivity contribution < 1.29 is 13.9 Å². The molecule has 0 saturated heterocycles. The Labute approximate surface area is 110 Å². The second-order valence-electron chi connectivity index (χ2n) is 4.40. The number of anilines is 1. The Morgan fingerprint density at radius 2 is 1.79 bits per heavy atom. The van der Waals surface area contributed by atoms with E-state index in [0.29, 0.717) is 6.54 Å². The number of phenols is 1. The Kier molecular flexibility index (Phi) is 4.00. The van der Waals surface area contributed by atoms with Gasteiger partial charge in [0.25, 0.3) is 6.43 Å². The van der Waals surface area contributed by atoms with Crippen molar-refractivity contribution >= 4 is 5.69 Å². The number of hydrogen-bond acceptors (Lipinski definition) is 2. The van der Waals surface area contributed by atoms with E-state index in [2.05, 4.69) is 5.32 Å². The average molecular weight is 263 g/mol. The van der Waals surface area contributed by atoms with Gasteiger partial charge in [-0.3, -0.25) is 0 Å². The zero-order valence-corrected chi connectivity index (χ0v) is 10.5. The van der Waals surface area contributed by atoms with Gasteiger partial charge < -0.3 is 10.4 Å². The highest BCUT2D eigenvalue weighted by Crippen LogP contribution is 2.22. The normalized spacial score (nSPS) is 10.7. The van der Waals surface area contributed by atoms with Gasteiger partial charge in [0, 0.05) is 23.9 Å². The first-order valence-electron chi connectivity index (χ1n) is 5.97. The predicted octanol–water partition coefficient (Wildman–Crippen LogP) is 4.25. The predicted molar refractivity (Wildman–Crippen MR) is 71.6 cm³/mol. The van der Waals surface area contributed by atoms with E-state index in [0.717, 1.165) is 16.8 Å². The fourth-order valence-electron chi connectivity index (χ4n) is 1.70. The van der Waals surface area contributed by atoms with E-state index >= 15 is 0 Å². The highest BCUT2D eigenvalue weighted by molar-refractivity contribution is 5.51. The van der Waals surface area contributed by atoms with Crippen molar-refractivity contribution in [1.82, 2.24) is 0 Å². The van der Waals surface area contributed by atoms with Crippen molar-refractivity contribution in [3.8, 4) is 5.75 Å². The second-order valence-corrected chi connectivity index (χ2v) is 4.40. The lowest BCUT2D eigenvalue weighted by Gasteiger charge is -2.08. The number of aryl methyl sites for hydroxylation is 1. The summed E-state index contributed by atoms with van der Waals surface area (Å²) in [5.41, 5.74) is 2.54. The highest BCUT2D eigenvalue weighted by Gasteiger charge is 2.05. The highest BCUT2D eigenvalue weighted by atomic mass is 19.3. The smallest absolute Gasteiger partial charge is 0.263 e. The summed E-state index contributed by atoms with van der Waals surface area (Å²) in [5, 5.41) is 12.7. The first-order valence-corrected chi connectivity index (χ1v) is 5.97. The lowest BCUT2D eigenvalue weighted by Crippen LogP contribution is -1.99. The Bertz CT molecular complexity index is 553. The summed E-state index contributed by atoms with van der Waals surface area (Å²) in [4.78, 5) is 0. The Hall–Kier alpha value is -2.10. The molecular formula is C15H15F2NO. The molecule has 0 aromatic heterocycles. The molecule has 2 aromatic rings. The molecule has 0 radical (unpaired) electrons. The lowest BCUT2D eigenvalue weighted by atomic mass is 10.1. The number of hydrogen-bond donors (Lipinski definition) is 2. The summed E-state index contributed by atoms with van der Waals surface area (Å²) >= 11 is 0. The molecule has 2 N–H and O–H groups in total. The number of aromatic hydroxyl groups is 1. The van der Waals surface area contributed by atoms with Crippen LogP contribution in [-0.2, 0) is 6.54 Å². The van der Waals surface area contributed by atoms with Crippen LogP contribution in [0.5, 0.6) is 5.75 Å². The number of nitrogens with one attached hydrogen (secondary N) is 1. The van der Waals surface area contributed by atoms with Crippen molar-refractivity contribution in [2.24, 2.45) is 0 Å². The van der Waals surface area contributed by atoms with Gasteiger partial charge in [-0.2, -0.15) is 0 Å². The van der Waals surface area contributed by atoms with Gasteiger partial charge in [0.05, 0.1) is 0 Å². The molecule has 100 valence electrons. The van der Waals surface area contributed by atoms with Crippen molar-refractivity contribution in [1.29, 1.82) is 0 Å². The summed E-state index contributed by atoms with van der Waals surface area (Å²) < 4.78 is 24.8. The van der Waals surface area contributed by atoms with E-state index in [9.17, 15) is 13.9 Å². The summed E-state index contributed by atoms with van der Waals surface area (Å²) in [7, 11) is 0. The van der Waals surface area contributed by atoms with Crippen LogP contribution in [0.15, 0.2) is 42.5 Å². The maximum Gasteiger partial charge on any atom is 0.263 e. The zero-order valence-electron chi connectivity index (χ0n) is 10.5. The van der Waals surface area contributed by atoms with Crippen molar-refractivity contribution in [2.45, 2.75) is 19.9 Å².